The fourth-order valence-electron chi connectivity index (χ4n) is 2.27. The minimum Gasteiger partial charge on any atom is -0.452 e. The first-order chi connectivity index (χ1) is 13.2. The zero-order valence-electron chi connectivity index (χ0n) is 14.9. The van der Waals surface area contributed by atoms with Crippen molar-refractivity contribution < 1.29 is 28.4 Å². The molecule has 2 aromatic carbocycles. The third kappa shape index (κ3) is 5.34. The van der Waals surface area contributed by atoms with Gasteiger partial charge in [-0.25, -0.2) is 9.59 Å². The van der Waals surface area contributed by atoms with Gasteiger partial charge in [-0.1, -0.05) is 17.7 Å². The number of nitrogens with zero attached hydrogens (tertiary/aromatic N) is 1. The Kier molecular flexibility index (Phi) is 6.38. The van der Waals surface area contributed by atoms with Crippen LogP contribution in [0.3, 0.4) is 0 Å². The highest BCUT2D eigenvalue weighted by Crippen LogP contribution is 2.18. The molecule has 0 saturated carbocycles. The molecule has 0 spiro atoms. The molecule has 0 radical (unpaired) electrons. The maximum absolute atomic E-state index is 13.5. The number of halogens is 1. The number of nitro benzene ring substituents is 1. The zero-order chi connectivity index (χ0) is 20.8. The number of esters is 1. The molecule has 3 amide bonds. The topological polar surface area (TPSA) is 128 Å². The molecule has 0 aliphatic heterocycles. The average Bonchev–Trinajstić information content (AvgIpc) is 2.61. The minimum absolute atomic E-state index is 0.310. The van der Waals surface area contributed by atoms with Crippen molar-refractivity contribution in [1.82, 2.24) is 5.32 Å². The predicted molar refractivity (Wildman–Crippen MR) is 96.4 cm³/mol. The molecule has 0 heterocycles. The van der Waals surface area contributed by atoms with E-state index in [0.717, 1.165) is 23.3 Å². The number of imide groups is 1. The van der Waals surface area contributed by atoms with Crippen LogP contribution in [0.2, 0.25) is 0 Å². The number of nitro groups is 1. The van der Waals surface area contributed by atoms with Crippen LogP contribution in [0.5, 0.6) is 0 Å². The Balaban J connectivity index is 1.87. The van der Waals surface area contributed by atoms with Crippen LogP contribution in [0.1, 0.15) is 21.5 Å². The number of rotatable bonds is 5. The Bertz CT molecular complexity index is 960. The van der Waals surface area contributed by atoms with Crippen LogP contribution < -0.4 is 10.6 Å². The van der Waals surface area contributed by atoms with Gasteiger partial charge in [0.25, 0.3) is 5.91 Å². The lowest BCUT2D eigenvalue weighted by molar-refractivity contribution is -0.387. The van der Waals surface area contributed by atoms with Crippen LogP contribution in [0.15, 0.2) is 36.4 Å². The first kappa shape index (κ1) is 20.5. The molecule has 2 rings (SSSR count). The zero-order valence-corrected chi connectivity index (χ0v) is 14.9. The molecule has 0 bridgehead atoms. The number of benzene rings is 2. The van der Waals surface area contributed by atoms with E-state index in [1.807, 2.05) is 18.3 Å². The molecule has 146 valence electrons. The van der Waals surface area contributed by atoms with Crippen molar-refractivity contribution >= 4 is 29.3 Å². The van der Waals surface area contributed by atoms with Crippen LogP contribution in [-0.4, -0.2) is 29.4 Å². The molecule has 0 unspecified atom stereocenters. The van der Waals surface area contributed by atoms with E-state index in [2.05, 4.69) is 10.1 Å². The van der Waals surface area contributed by atoms with Crippen LogP contribution in [0.4, 0.5) is 20.6 Å². The fourth-order valence-corrected chi connectivity index (χ4v) is 2.27. The molecular weight excluding hydrogens is 373 g/mol. The Morgan fingerprint density at radius 3 is 2.46 bits per heavy atom. The van der Waals surface area contributed by atoms with E-state index in [-0.39, 0.29) is 5.56 Å². The van der Waals surface area contributed by atoms with Crippen LogP contribution in [-0.2, 0) is 9.53 Å². The van der Waals surface area contributed by atoms with Gasteiger partial charge in [0, 0.05) is 11.8 Å². The second-order valence-electron chi connectivity index (χ2n) is 5.82. The third-order valence-corrected chi connectivity index (χ3v) is 3.60. The first-order valence-electron chi connectivity index (χ1n) is 7.96. The van der Waals surface area contributed by atoms with Gasteiger partial charge < -0.3 is 10.1 Å². The summed E-state index contributed by atoms with van der Waals surface area (Å²) in [6, 6.07) is 6.94. The Morgan fingerprint density at radius 1 is 1.14 bits per heavy atom. The summed E-state index contributed by atoms with van der Waals surface area (Å²) in [7, 11) is 0. The summed E-state index contributed by atoms with van der Waals surface area (Å²) in [5.41, 5.74) is 1.21. The quantitative estimate of drug-likeness (QED) is 0.460. The summed E-state index contributed by atoms with van der Waals surface area (Å²) in [4.78, 5) is 44.9. The molecule has 0 saturated heterocycles. The summed E-state index contributed by atoms with van der Waals surface area (Å²) in [6.07, 6.45) is 0. The van der Waals surface area contributed by atoms with Gasteiger partial charge in [0.15, 0.2) is 6.61 Å². The number of aryl methyl sites for hydroxylation is 2. The van der Waals surface area contributed by atoms with Crippen molar-refractivity contribution in [2.24, 2.45) is 0 Å². The summed E-state index contributed by atoms with van der Waals surface area (Å²) < 4.78 is 18.2. The van der Waals surface area contributed by atoms with Crippen LogP contribution >= 0.6 is 0 Å². The molecule has 2 aromatic rings. The van der Waals surface area contributed by atoms with Crippen LogP contribution in [0, 0.1) is 29.8 Å². The van der Waals surface area contributed by atoms with Crippen molar-refractivity contribution in [2.75, 3.05) is 11.9 Å². The van der Waals surface area contributed by atoms with Crippen molar-refractivity contribution in [1.29, 1.82) is 0 Å². The molecule has 0 aliphatic carbocycles. The van der Waals surface area contributed by atoms with Gasteiger partial charge in [-0.2, -0.15) is 4.39 Å². The smallest absolute Gasteiger partial charge is 0.338 e. The third-order valence-electron chi connectivity index (χ3n) is 3.60. The number of ether oxygens (including phenoxy) is 1. The number of anilines is 1. The van der Waals surface area contributed by atoms with Gasteiger partial charge in [-0.05, 0) is 37.6 Å². The van der Waals surface area contributed by atoms with Crippen molar-refractivity contribution in [3.63, 3.8) is 0 Å². The van der Waals surface area contributed by atoms with Crippen LogP contribution in [0.25, 0.3) is 0 Å². The summed E-state index contributed by atoms with van der Waals surface area (Å²) >= 11 is 0. The number of carbonyl (C=O) groups is 3. The van der Waals surface area contributed by atoms with Gasteiger partial charge in [-0.15, -0.1) is 0 Å². The largest absolute Gasteiger partial charge is 0.452 e. The van der Waals surface area contributed by atoms with E-state index in [1.54, 1.807) is 19.1 Å². The molecular formula is C18H16FN3O6. The number of urea groups is 1. The number of carbonyl (C=O) groups excluding carboxylic acids is 3. The molecule has 2 N–H and O–H groups in total. The molecule has 0 aliphatic rings. The normalized spacial score (nSPS) is 10.1. The van der Waals surface area contributed by atoms with Gasteiger partial charge in [-0.3, -0.25) is 20.2 Å². The summed E-state index contributed by atoms with van der Waals surface area (Å²) in [5.74, 6) is -3.19. The predicted octanol–water partition coefficient (Wildman–Crippen LogP) is 2.86. The van der Waals surface area contributed by atoms with Gasteiger partial charge in [0.05, 0.1) is 10.5 Å². The minimum atomic E-state index is -1.21. The van der Waals surface area contributed by atoms with Gasteiger partial charge >= 0.3 is 17.7 Å². The second-order valence-corrected chi connectivity index (χ2v) is 5.82. The average molecular weight is 389 g/mol. The van der Waals surface area contributed by atoms with Crippen molar-refractivity contribution in [3.8, 4) is 0 Å². The highest BCUT2D eigenvalue weighted by Gasteiger charge is 2.18. The van der Waals surface area contributed by atoms with E-state index in [1.165, 1.54) is 0 Å². The molecule has 0 fully saturated rings. The van der Waals surface area contributed by atoms with Gasteiger partial charge in [0.2, 0.25) is 5.82 Å². The number of hydrogen-bond acceptors (Lipinski definition) is 6. The van der Waals surface area contributed by atoms with E-state index in [0.29, 0.717) is 11.8 Å². The Hall–Kier alpha value is -3.82. The molecule has 10 heteroatoms. The highest BCUT2D eigenvalue weighted by molar-refractivity contribution is 6.02. The van der Waals surface area contributed by atoms with Crippen molar-refractivity contribution in [2.45, 2.75) is 13.8 Å². The molecule has 0 aromatic heterocycles. The summed E-state index contributed by atoms with van der Waals surface area (Å²) in [5, 5.41) is 15.0. The van der Waals surface area contributed by atoms with E-state index in [9.17, 15) is 28.9 Å². The number of hydrogen-bond donors (Lipinski definition) is 2. The standard InChI is InChI=1S/C18H16FN3O6/c1-10-3-5-14(11(2)7-10)20-18(25)21-16(23)9-28-17(24)12-4-6-15(22(26)27)13(19)8-12/h3-8H,9H2,1-2H3,(H2,20,21,23,25). The molecule has 28 heavy (non-hydrogen) atoms. The van der Waals surface area contributed by atoms with Gasteiger partial charge in [0.1, 0.15) is 0 Å². The Labute approximate surface area is 158 Å². The number of nitrogens with one attached hydrogen (secondary N) is 2. The monoisotopic (exact) mass is 389 g/mol. The lowest BCUT2D eigenvalue weighted by Gasteiger charge is -2.10. The maximum Gasteiger partial charge on any atom is 0.338 e. The highest BCUT2D eigenvalue weighted by atomic mass is 19.1. The number of amides is 3. The SMILES string of the molecule is Cc1ccc(NC(=O)NC(=O)COC(=O)c2ccc([N+](=O)[O-])c(F)c2)c(C)c1. The Morgan fingerprint density at radius 2 is 1.86 bits per heavy atom. The lowest BCUT2D eigenvalue weighted by atomic mass is 10.1. The first-order valence-corrected chi connectivity index (χ1v) is 7.96. The van der Waals surface area contributed by atoms with E-state index >= 15 is 0 Å². The van der Waals surface area contributed by atoms with E-state index in [4.69, 9.17) is 0 Å². The molecule has 9 nitrogen and oxygen atoms in total. The van der Waals surface area contributed by atoms with E-state index < -0.39 is 40.9 Å². The van der Waals surface area contributed by atoms with Crippen molar-refractivity contribution in [3.05, 3.63) is 69.0 Å². The molecule has 0 atom stereocenters. The fraction of sp³-hybridized carbons (Fsp3) is 0.167. The lowest BCUT2D eigenvalue weighted by Crippen LogP contribution is -2.37. The summed E-state index contributed by atoms with van der Waals surface area (Å²) in [6.45, 7) is 2.89. The second kappa shape index (κ2) is 8.71. The maximum atomic E-state index is 13.5.